The first-order valence-corrected chi connectivity index (χ1v) is 6.98. The molecule has 1 rings (SSSR count). The topological polar surface area (TPSA) is 57.6 Å². The highest BCUT2D eigenvalue weighted by Gasteiger charge is 2.20. The Bertz CT molecular complexity index is 442. The molecule has 0 fully saturated rings. The Morgan fingerprint density at radius 1 is 1.15 bits per heavy atom. The molecule has 0 heterocycles. The fourth-order valence-corrected chi connectivity index (χ4v) is 2.17. The average molecular weight is 277 g/mol. The number of nitrogens with zero attached hydrogens (tertiary/aromatic N) is 1. The van der Waals surface area contributed by atoms with Crippen LogP contribution in [0, 0.1) is 0 Å². The first kappa shape index (κ1) is 16.2. The van der Waals surface area contributed by atoms with Crippen molar-refractivity contribution in [2.45, 2.75) is 45.6 Å². The number of carbonyl (C=O) groups is 2. The minimum absolute atomic E-state index is 0.0103. The molecule has 110 valence electrons. The van der Waals surface area contributed by atoms with Crippen LogP contribution in [-0.2, 0) is 9.59 Å². The van der Waals surface area contributed by atoms with Gasteiger partial charge >= 0.3 is 5.97 Å². The van der Waals surface area contributed by atoms with Crippen LogP contribution in [0.3, 0.4) is 0 Å². The number of amides is 1. The van der Waals surface area contributed by atoms with Crippen molar-refractivity contribution in [1.82, 2.24) is 4.90 Å². The number of hydrogen-bond donors (Lipinski definition) is 1. The number of hydrogen-bond acceptors (Lipinski definition) is 2. The van der Waals surface area contributed by atoms with Crippen LogP contribution in [0.4, 0.5) is 0 Å². The standard InChI is InChI=1S/C16H23NO3/c1-12(2)17(10-9-16(19)20)15(18)11-13(3)14-7-5-4-6-8-14/h4-8,12-13H,9-11H2,1-3H3,(H,19,20). The molecular formula is C16H23NO3. The Morgan fingerprint density at radius 3 is 2.25 bits per heavy atom. The number of aliphatic carboxylic acids is 1. The molecule has 1 N–H and O–H groups in total. The number of benzene rings is 1. The first-order valence-electron chi connectivity index (χ1n) is 6.98. The summed E-state index contributed by atoms with van der Waals surface area (Å²) in [5.74, 6) is -0.730. The molecule has 0 aromatic heterocycles. The summed E-state index contributed by atoms with van der Waals surface area (Å²) in [6.45, 7) is 6.11. The quantitative estimate of drug-likeness (QED) is 0.833. The fraction of sp³-hybridized carbons (Fsp3) is 0.500. The lowest BCUT2D eigenvalue weighted by atomic mass is 9.97. The van der Waals surface area contributed by atoms with Crippen LogP contribution in [0.1, 0.15) is 45.1 Å². The molecular weight excluding hydrogens is 254 g/mol. The van der Waals surface area contributed by atoms with E-state index in [1.165, 1.54) is 0 Å². The van der Waals surface area contributed by atoms with Gasteiger partial charge in [-0.05, 0) is 25.3 Å². The molecule has 0 spiro atoms. The van der Waals surface area contributed by atoms with E-state index in [9.17, 15) is 9.59 Å². The highest BCUT2D eigenvalue weighted by atomic mass is 16.4. The van der Waals surface area contributed by atoms with Gasteiger partial charge in [0, 0.05) is 19.0 Å². The van der Waals surface area contributed by atoms with Crippen molar-refractivity contribution in [2.24, 2.45) is 0 Å². The Labute approximate surface area is 120 Å². The fourth-order valence-electron chi connectivity index (χ4n) is 2.17. The summed E-state index contributed by atoms with van der Waals surface area (Å²) in [7, 11) is 0. The molecule has 1 aromatic rings. The van der Waals surface area contributed by atoms with Gasteiger partial charge in [0.25, 0.3) is 0 Å². The van der Waals surface area contributed by atoms with Gasteiger partial charge in [-0.15, -0.1) is 0 Å². The lowest BCUT2D eigenvalue weighted by molar-refractivity contribution is -0.139. The zero-order valence-corrected chi connectivity index (χ0v) is 12.4. The molecule has 1 unspecified atom stereocenters. The van der Waals surface area contributed by atoms with E-state index in [1.54, 1.807) is 4.90 Å². The van der Waals surface area contributed by atoms with Gasteiger partial charge in [-0.1, -0.05) is 37.3 Å². The summed E-state index contributed by atoms with van der Waals surface area (Å²) < 4.78 is 0. The van der Waals surface area contributed by atoms with Gasteiger partial charge in [0.2, 0.25) is 5.91 Å². The molecule has 4 nitrogen and oxygen atoms in total. The number of carboxylic acid groups (broad SMARTS) is 1. The van der Waals surface area contributed by atoms with Crippen LogP contribution in [0.25, 0.3) is 0 Å². The zero-order chi connectivity index (χ0) is 15.1. The molecule has 0 saturated heterocycles. The Hall–Kier alpha value is -1.84. The maximum absolute atomic E-state index is 12.3. The second kappa shape index (κ2) is 7.68. The van der Waals surface area contributed by atoms with E-state index in [1.807, 2.05) is 51.1 Å². The Kier molecular flexibility index (Phi) is 6.22. The molecule has 0 aliphatic carbocycles. The van der Waals surface area contributed by atoms with Crippen LogP contribution >= 0.6 is 0 Å². The highest BCUT2D eigenvalue weighted by molar-refractivity contribution is 5.78. The van der Waals surface area contributed by atoms with Crippen molar-refractivity contribution in [3.05, 3.63) is 35.9 Å². The summed E-state index contributed by atoms with van der Waals surface area (Å²) in [4.78, 5) is 24.6. The third-order valence-corrected chi connectivity index (χ3v) is 3.36. The zero-order valence-electron chi connectivity index (χ0n) is 12.4. The van der Waals surface area contributed by atoms with Gasteiger partial charge in [0.1, 0.15) is 0 Å². The van der Waals surface area contributed by atoms with Crippen LogP contribution in [0.5, 0.6) is 0 Å². The largest absolute Gasteiger partial charge is 0.481 e. The Balaban J connectivity index is 2.64. The second-order valence-corrected chi connectivity index (χ2v) is 5.34. The minimum atomic E-state index is -0.875. The predicted octanol–water partition coefficient (Wildman–Crippen LogP) is 2.89. The second-order valence-electron chi connectivity index (χ2n) is 5.34. The molecule has 0 saturated carbocycles. The lowest BCUT2D eigenvalue weighted by Crippen LogP contribution is -2.39. The molecule has 0 radical (unpaired) electrons. The Morgan fingerprint density at radius 2 is 1.75 bits per heavy atom. The molecule has 4 heteroatoms. The number of carboxylic acids is 1. The molecule has 0 bridgehead atoms. The van der Waals surface area contributed by atoms with Crippen LogP contribution in [0.15, 0.2) is 30.3 Å². The van der Waals surface area contributed by atoms with Gasteiger partial charge in [-0.3, -0.25) is 9.59 Å². The maximum atomic E-state index is 12.3. The number of carbonyl (C=O) groups excluding carboxylic acids is 1. The summed E-state index contributed by atoms with van der Waals surface area (Å²) in [6, 6.07) is 9.90. The number of rotatable bonds is 7. The molecule has 20 heavy (non-hydrogen) atoms. The van der Waals surface area contributed by atoms with Crippen LogP contribution < -0.4 is 0 Å². The van der Waals surface area contributed by atoms with Crippen molar-refractivity contribution >= 4 is 11.9 Å². The monoisotopic (exact) mass is 277 g/mol. The summed E-state index contributed by atoms with van der Waals surface area (Å²) in [5.41, 5.74) is 1.13. The molecule has 1 amide bonds. The van der Waals surface area contributed by atoms with E-state index >= 15 is 0 Å². The third-order valence-electron chi connectivity index (χ3n) is 3.36. The third kappa shape index (κ3) is 5.03. The van der Waals surface area contributed by atoms with E-state index < -0.39 is 5.97 Å². The molecule has 1 aromatic carbocycles. The van der Waals surface area contributed by atoms with Crippen molar-refractivity contribution in [2.75, 3.05) is 6.54 Å². The van der Waals surface area contributed by atoms with Gasteiger partial charge in [0.05, 0.1) is 6.42 Å². The van der Waals surface area contributed by atoms with Crippen molar-refractivity contribution in [3.63, 3.8) is 0 Å². The van der Waals surface area contributed by atoms with E-state index in [-0.39, 0.29) is 30.8 Å². The molecule has 0 aliphatic heterocycles. The van der Waals surface area contributed by atoms with E-state index in [2.05, 4.69) is 0 Å². The average Bonchev–Trinajstić information content (AvgIpc) is 2.39. The van der Waals surface area contributed by atoms with Crippen molar-refractivity contribution in [3.8, 4) is 0 Å². The van der Waals surface area contributed by atoms with Crippen molar-refractivity contribution in [1.29, 1.82) is 0 Å². The van der Waals surface area contributed by atoms with E-state index in [0.29, 0.717) is 6.42 Å². The van der Waals surface area contributed by atoms with Gasteiger partial charge in [-0.2, -0.15) is 0 Å². The molecule has 1 atom stereocenters. The minimum Gasteiger partial charge on any atom is -0.481 e. The summed E-state index contributed by atoms with van der Waals surface area (Å²) in [6.07, 6.45) is 0.394. The van der Waals surface area contributed by atoms with E-state index in [0.717, 1.165) is 5.56 Å². The highest BCUT2D eigenvalue weighted by Crippen LogP contribution is 2.20. The lowest BCUT2D eigenvalue weighted by Gasteiger charge is -2.27. The maximum Gasteiger partial charge on any atom is 0.305 e. The summed E-state index contributed by atoms with van der Waals surface area (Å²) in [5, 5.41) is 8.75. The summed E-state index contributed by atoms with van der Waals surface area (Å²) >= 11 is 0. The van der Waals surface area contributed by atoms with Crippen molar-refractivity contribution < 1.29 is 14.7 Å². The van der Waals surface area contributed by atoms with Gasteiger partial charge in [-0.25, -0.2) is 0 Å². The SMILES string of the molecule is CC(CC(=O)N(CCC(=O)O)C(C)C)c1ccccc1. The van der Waals surface area contributed by atoms with E-state index in [4.69, 9.17) is 5.11 Å². The molecule has 0 aliphatic rings. The van der Waals surface area contributed by atoms with Gasteiger partial charge < -0.3 is 10.0 Å². The predicted molar refractivity (Wildman–Crippen MR) is 78.6 cm³/mol. The first-order chi connectivity index (χ1) is 9.41. The van der Waals surface area contributed by atoms with Crippen LogP contribution in [-0.4, -0.2) is 34.5 Å². The van der Waals surface area contributed by atoms with Crippen LogP contribution in [0.2, 0.25) is 0 Å². The van der Waals surface area contributed by atoms with Gasteiger partial charge in [0.15, 0.2) is 0 Å². The normalized spacial score (nSPS) is 12.2. The smallest absolute Gasteiger partial charge is 0.305 e.